The Morgan fingerprint density at radius 3 is 2.82 bits per heavy atom. The van der Waals surface area contributed by atoms with Gasteiger partial charge in [-0.3, -0.25) is 9.48 Å². The van der Waals surface area contributed by atoms with Crippen LogP contribution in [0.3, 0.4) is 0 Å². The van der Waals surface area contributed by atoms with Crippen LogP contribution in [0.25, 0.3) is 10.9 Å². The Kier molecular flexibility index (Phi) is 4.60. The summed E-state index contributed by atoms with van der Waals surface area (Å²) in [5.74, 6) is -0.998. The van der Waals surface area contributed by atoms with Gasteiger partial charge in [-0.15, -0.1) is 0 Å². The van der Waals surface area contributed by atoms with E-state index in [0.29, 0.717) is 18.5 Å². The number of fused-ring (bicyclic) bond motifs is 2. The van der Waals surface area contributed by atoms with Crippen LogP contribution in [0.1, 0.15) is 48.4 Å². The number of aryl methyl sites for hydroxylation is 1. The van der Waals surface area contributed by atoms with E-state index < -0.39 is 17.7 Å². The highest BCUT2D eigenvalue weighted by molar-refractivity contribution is 5.83. The standard InChI is InChI=1S/C26H23F2N5O/c1-15-6-22(28)19(8-21(15)27)24-4-5-30-33(24)25(34)20-11-26(9-18(20)10-26)14-32-23-3-2-16(12-29)7-17(23)13-31-32/h2-3,5-8,13,18,20,24H,4,9-11,14H2,1H3. The van der Waals surface area contributed by atoms with E-state index in [2.05, 4.69) is 16.3 Å². The van der Waals surface area contributed by atoms with Crippen LogP contribution >= 0.6 is 0 Å². The van der Waals surface area contributed by atoms with Gasteiger partial charge in [-0.05, 0) is 73.4 Å². The van der Waals surface area contributed by atoms with Crippen molar-refractivity contribution >= 4 is 23.0 Å². The molecular weight excluding hydrogens is 436 g/mol. The van der Waals surface area contributed by atoms with Crippen LogP contribution in [0.4, 0.5) is 8.78 Å². The Bertz CT molecular complexity index is 1400. The van der Waals surface area contributed by atoms with Crippen molar-refractivity contribution in [2.45, 2.75) is 45.2 Å². The number of hydrogen-bond donors (Lipinski definition) is 0. The summed E-state index contributed by atoms with van der Waals surface area (Å²) >= 11 is 0. The lowest BCUT2D eigenvalue weighted by atomic mass is 9.69. The Balaban J connectivity index is 1.20. The molecule has 2 unspecified atom stereocenters. The zero-order valence-corrected chi connectivity index (χ0v) is 18.7. The van der Waals surface area contributed by atoms with Gasteiger partial charge in [0.05, 0.1) is 29.4 Å². The van der Waals surface area contributed by atoms with Crippen molar-refractivity contribution in [2.24, 2.45) is 22.4 Å². The average Bonchev–Trinajstić information content (AvgIpc) is 3.58. The molecule has 4 aliphatic rings. The average molecular weight is 460 g/mol. The van der Waals surface area contributed by atoms with Crippen LogP contribution in [0.15, 0.2) is 41.6 Å². The van der Waals surface area contributed by atoms with Crippen molar-refractivity contribution < 1.29 is 13.6 Å². The van der Waals surface area contributed by atoms with Crippen LogP contribution in [0.2, 0.25) is 0 Å². The molecule has 7 rings (SSSR count). The number of nitrogens with zero attached hydrogens (tertiary/aromatic N) is 5. The number of halogens is 2. The second-order valence-corrected chi connectivity index (χ2v) is 10.0. The third kappa shape index (κ3) is 3.14. The number of nitriles is 1. The molecule has 2 atom stereocenters. The molecule has 2 heterocycles. The Hall–Kier alpha value is -3.60. The molecule has 3 fully saturated rings. The summed E-state index contributed by atoms with van der Waals surface area (Å²) in [6.45, 7) is 2.24. The second kappa shape index (κ2) is 7.45. The van der Waals surface area contributed by atoms with Gasteiger partial charge in [-0.2, -0.15) is 15.5 Å². The number of aromatic nitrogens is 2. The fraction of sp³-hybridized carbons (Fsp3) is 0.385. The third-order valence-electron chi connectivity index (χ3n) is 7.88. The van der Waals surface area contributed by atoms with Gasteiger partial charge in [0, 0.05) is 36.0 Å². The largest absolute Gasteiger partial charge is 0.273 e. The van der Waals surface area contributed by atoms with Crippen LogP contribution in [0.5, 0.6) is 0 Å². The van der Waals surface area contributed by atoms with Gasteiger partial charge in [0.1, 0.15) is 11.6 Å². The van der Waals surface area contributed by atoms with Crippen LogP contribution < -0.4 is 0 Å². The molecule has 2 aromatic carbocycles. The van der Waals surface area contributed by atoms with E-state index >= 15 is 0 Å². The summed E-state index contributed by atoms with van der Waals surface area (Å²) in [7, 11) is 0. The molecule has 0 spiro atoms. The predicted octanol–water partition coefficient (Wildman–Crippen LogP) is 4.87. The molecule has 0 N–H and O–H groups in total. The van der Waals surface area contributed by atoms with E-state index in [1.165, 1.54) is 24.1 Å². The van der Waals surface area contributed by atoms with E-state index in [-0.39, 0.29) is 34.3 Å². The third-order valence-corrected chi connectivity index (χ3v) is 7.88. The van der Waals surface area contributed by atoms with Crippen molar-refractivity contribution in [1.29, 1.82) is 5.26 Å². The van der Waals surface area contributed by atoms with Gasteiger partial charge in [-0.25, -0.2) is 13.8 Å². The van der Waals surface area contributed by atoms with Gasteiger partial charge >= 0.3 is 0 Å². The number of rotatable bonds is 4. The number of carbonyl (C=O) groups excluding carboxylic acids is 1. The minimum Gasteiger partial charge on any atom is -0.273 e. The lowest BCUT2D eigenvalue weighted by Crippen LogP contribution is -2.36. The molecular formula is C26H23F2N5O. The first-order valence-corrected chi connectivity index (χ1v) is 11.5. The van der Waals surface area contributed by atoms with Crippen LogP contribution in [-0.2, 0) is 11.3 Å². The Morgan fingerprint density at radius 1 is 1.21 bits per heavy atom. The van der Waals surface area contributed by atoms with Crippen molar-refractivity contribution in [1.82, 2.24) is 14.8 Å². The van der Waals surface area contributed by atoms with Gasteiger partial charge < -0.3 is 0 Å². The fourth-order valence-electron chi connectivity index (χ4n) is 6.19. The first-order valence-electron chi connectivity index (χ1n) is 11.5. The summed E-state index contributed by atoms with van der Waals surface area (Å²) in [5.41, 5.74) is 2.00. The molecule has 172 valence electrons. The highest BCUT2D eigenvalue weighted by atomic mass is 19.1. The fourth-order valence-corrected chi connectivity index (χ4v) is 6.19. The van der Waals surface area contributed by atoms with E-state index in [4.69, 9.17) is 5.26 Å². The van der Waals surface area contributed by atoms with E-state index in [1.807, 2.05) is 16.8 Å². The summed E-state index contributed by atoms with van der Waals surface area (Å²) < 4.78 is 30.8. The van der Waals surface area contributed by atoms with Gasteiger partial charge in [0.15, 0.2) is 0 Å². The molecule has 0 radical (unpaired) electrons. The summed E-state index contributed by atoms with van der Waals surface area (Å²) in [4.78, 5) is 13.5. The smallest absolute Gasteiger partial charge is 0.246 e. The molecule has 1 aliphatic heterocycles. The van der Waals surface area contributed by atoms with E-state index in [9.17, 15) is 13.6 Å². The quantitative estimate of drug-likeness (QED) is 0.559. The molecule has 3 aromatic rings. The maximum absolute atomic E-state index is 14.6. The maximum Gasteiger partial charge on any atom is 0.246 e. The molecule has 1 aromatic heterocycles. The molecule has 2 bridgehead atoms. The first kappa shape index (κ1) is 21.0. The number of hydrogen-bond acceptors (Lipinski definition) is 4. The number of carbonyl (C=O) groups is 1. The van der Waals surface area contributed by atoms with E-state index in [0.717, 1.165) is 30.2 Å². The SMILES string of the molecule is Cc1cc(F)c(C2CC=NN2C(=O)C2CC3(Cn4ncc5cc(C#N)ccc54)CC2C3)cc1F. The Morgan fingerprint density at radius 2 is 2.03 bits per heavy atom. The second-order valence-electron chi connectivity index (χ2n) is 10.0. The van der Waals surface area contributed by atoms with Crippen LogP contribution in [-0.4, -0.2) is 26.9 Å². The minimum absolute atomic E-state index is 0.00199. The lowest BCUT2D eigenvalue weighted by molar-refractivity contribution is -0.138. The van der Waals surface area contributed by atoms with Gasteiger partial charge in [-0.1, -0.05) is 0 Å². The van der Waals surface area contributed by atoms with Crippen molar-refractivity contribution in [2.75, 3.05) is 0 Å². The zero-order valence-electron chi connectivity index (χ0n) is 18.7. The maximum atomic E-state index is 14.6. The highest BCUT2D eigenvalue weighted by Crippen LogP contribution is 2.63. The minimum atomic E-state index is -0.610. The highest BCUT2D eigenvalue weighted by Gasteiger charge is 2.59. The molecule has 6 nitrogen and oxygen atoms in total. The summed E-state index contributed by atoms with van der Waals surface area (Å²) in [6, 6.07) is 9.46. The molecule has 1 amide bonds. The first-order chi connectivity index (χ1) is 16.4. The van der Waals surface area contributed by atoms with Gasteiger partial charge in [0.25, 0.3) is 0 Å². The zero-order chi connectivity index (χ0) is 23.6. The van der Waals surface area contributed by atoms with Crippen LogP contribution in [0, 0.1) is 47.1 Å². The summed E-state index contributed by atoms with van der Waals surface area (Å²) in [6.07, 6.45) is 6.38. The van der Waals surface area contributed by atoms with Crippen molar-refractivity contribution in [3.8, 4) is 6.07 Å². The van der Waals surface area contributed by atoms with Gasteiger partial charge in [0.2, 0.25) is 5.91 Å². The molecule has 34 heavy (non-hydrogen) atoms. The van der Waals surface area contributed by atoms with Crippen molar-refractivity contribution in [3.63, 3.8) is 0 Å². The number of amides is 1. The number of benzene rings is 2. The monoisotopic (exact) mass is 459 g/mol. The molecule has 8 heteroatoms. The molecule has 3 saturated carbocycles. The van der Waals surface area contributed by atoms with Crippen molar-refractivity contribution in [3.05, 3.63) is 64.9 Å². The normalized spacial score (nSPS) is 27.2. The lowest BCUT2D eigenvalue weighted by Gasteiger charge is -2.38. The topological polar surface area (TPSA) is 74.3 Å². The molecule has 0 saturated heterocycles. The Labute approximate surface area is 195 Å². The van der Waals surface area contributed by atoms with E-state index in [1.54, 1.807) is 18.5 Å². The molecule has 3 aliphatic carbocycles. The predicted molar refractivity (Wildman–Crippen MR) is 122 cm³/mol. The summed E-state index contributed by atoms with van der Waals surface area (Å²) in [5, 5.41) is 20.2. The number of hydrazone groups is 1.